The molecule has 0 unspecified atom stereocenters. The van der Waals surface area contributed by atoms with Gasteiger partial charge < -0.3 is 10.0 Å². The summed E-state index contributed by atoms with van der Waals surface area (Å²) in [6, 6.07) is 7.51. The molecule has 0 amide bonds. The molecule has 2 aromatic rings. The monoisotopic (exact) mass is 320 g/mol. The molecule has 0 aliphatic carbocycles. The summed E-state index contributed by atoms with van der Waals surface area (Å²) in [6.45, 7) is 6.51. The van der Waals surface area contributed by atoms with E-state index < -0.39 is 0 Å². The summed E-state index contributed by atoms with van der Waals surface area (Å²) in [5.74, 6) is 0.349. The molecule has 0 bridgehead atoms. The number of hydrogen-bond acceptors (Lipinski definition) is 4. The van der Waals surface area contributed by atoms with Crippen LogP contribution in [0, 0.1) is 6.92 Å². The molecule has 1 saturated heterocycles. The van der Waals surface area contributed by atoms with Crippen LogP contribution in [0.5, 0.6) is 5.75 Å². The average molecular weight is 321 g/mol. The molecule has 118 valence electrons. The van der Waals surface area contributed by atoms with Gasteiger partial charge in [0, 0.05) is 45.3 Å². The number of rotatable bonds is 3. The van der Waals surface area contributed by atoms with Crippen LogP contribution in [-0.2, 0) is 13.6 Å². The average Bonchev–Trinajstić information content (AvgIpc) is 2.75. The third-order valence-electron chi connectivity index (χ3n) is 4.25. The Kier molecular flexibility index (Phi) is 4.27. The van der Waals surface area contributed by atoms with Crippen molar-refractivity contribution in [3.8, 4) is 5.75 Å². The molecule has 1 fully saturated rings. The van der Waals surface area contributed by atoms with Crippen LogP contribution in [0.3, 0.4) is 0 Å². The van der Waals surface area contributed by atoms with Gasteiger partial charge in [-0.25, -0.2) is 0 Å². The predicted octanol–water partition coefficient (Wildman–Crippen LogP) is 2.41. The summed E-state index contributed by atoms with van der Waals surface area (Å²) in [7, 11) is 1.87. The van der Waals surface area contributed by atoms with Crippen molar-refractivity contribution in [2.24, 2.45) is 7.05 Å². The first-order valence-corrected chi connectivity index (χ1v) is 7.87. The van der Waals surface area contributed by atoms with Gasteiger partial charge in [-0.05, 0) is 19.1 Å². The molecule has 6 heteroatoms. The number of anilines is 1. The number of phenolic OH excluding ortho intramolecular Hbond substituents is 1. The van der Waals surface area contributed by atoms with E-state index in [0.29, 0.717) is 5.75 Å². The van der Waals surface area contributed by atoms with Gasteiger partial charge in [0.2, 0.25) is 0 Å². The number of aryl methyl sites for hydroxylation is 2. The molecule has 1 aliphatic heterocycles. The van der Waals surface area contributed by atoms with Crippen LogP contribution < -0.4 is 4.90 Å². The fourth-order valence-corrected chi connectivity index (χ4v) is 3.19. The smallest absolute Gasteiger partial charge is 0.138 e. The Labute approximate surface area is 135 Å². The summed E-state index contributed by atoms with van der Waals surface area (Å²) < 4.78 is 1.73. The Morgan fingerprint density at radius 1 is 1.18 bits per heavy atom. The maximum Gasteiger partial charge on any atom is 0.138 e. The molecule has 0 spiro atoms. The van der Waals surface area contributed by atoms with Gasteiger partial charge in [-0.3, -0.25) is 9.58 Å². The maximum absolute atomic E-state index is 9.96. The van der Waals surface area contributed by atoms with Crippen molar-refractivity contribution in [3.05, 3.63) is 40.7 Å². The first kappa shape index (κ1) is 15.2. The lowest BCUT2D eigenvalue weighted by Gasteiger charge is -2.36. The summed E-state index contributed by atoms with van der Waals surface area (Å²) >= 11 is 6.31. The highest BCUT2D eigenvalue weighted by Gasteiger charge is 2.21. The highest BCUT2D eigenvalue weighted by Crippen LogP contribution is 2.28. The van der Waals surface area contributed by atoms with Gasteiger partial charge in [0.15, 0.2) is 0 Å². The number of halogens is 1. The van der Waals surface area contributed by atoms with Crippen LogP contribution in [-0.4, -0.2) is 46.0 Å². The quantitative estimate of drug-likeness (QED) is 0.943. The van der Waals surface area contributed by atoms with Gasteiger partial charge >= 0.3 is 0 Å². The zero-order valence-electron chi connectivity index (χ0n) is 13.0. The van der Waals surface area contributed by atoms with Crippen LogP contribution in [0.25, 0.3) is 0 Å². The maximum atomic E-state index is 9.96. The van der Waals surface area contributed by atoms with Crippen LogP contribution in [0.2, 0.25) is 5.15 Å². The van der Waals surface area contributed by atoms with Crippen molar-refractivity contribution in [2.75, 3.05) is 31.1 Å². The van der Waals surface area contributed by atoms with Crippen LogP contribution >= 0.6 is 11.6 Å². The molecule has 1 N–H and O–H groups in total. The summed E-state index contributed by atoms with van der Waals surface area (Å²) in [4.78, 5) is 4.61. The Balaban J connectivity index is 1.64. The van der Waals surface area contributed by atoms with Crippen molar-refractivity contribution < 1.29 is 5.11 Å². The number of hydrogen-bond donors (Lipinski definition) is 1. The summed E-state index contributed by atoms with van der Waals surface area (Å²) in [6.07, 6.45) is 0. The first-order valence-electron chi connectivity index (χ1n) is 7.49. The minimum absolute atomic E-state index is 0.349. The highest BCUT2D eigenvalue weighted by molar-refractivity contribution is 6.30. The fraction of sp³-hybridized carbons (Fsp3) is 0.438. The van der Waals surface area contributed by atoms with Crippen molar-refractivity contribution in [1.82, 2.24) is 14.7 Å². The second-order valence-electron chi connectivity index (χ2n) is 5.73. The van der Waals surface area contributed by atoms with Gasteiger partial charge in [0.25, 0.3) is 0 Å². The van der Waals surface area contributed by atoms with Crippen molar-refractivity contribution >= 4 is 17.3 Å². The van der Waals surface area contributed by atoms with Gasteiger partial charge in [-0.2, -0.15) is 5.10 Å². The lowest BCUT2D eigenvalue weighted by atomic mass is 10.2. The van der Waals surface area contributed by atoms with E-state index >= 15 is 0 Å². The Hall–Kier alpha value is -1.72. The Morgan fingerprint density at radius 3 is 2.45 bits per heavy atom. The van der Waals surface area contributed by atoms with Crippen molar-refractivity contribution in [1.29, 1.82) is 0 Å². The van der Waals surface area contributed by atoms with Gasteiger partial charge in [0.05, 0.1) is 11.4 Å². The largest absolute Gasteiger partial charge is 0.506 e. The number of aromatic nitrogens is 2. The van der Waals surface area contributed by atoms with Crippen LogP contribution in [0.15, 0.2) is 24.3 Å². The van der Waals surface area contributed by atoms with Crippen molar-refractivity contribution in [3.63, 3.8) is 0 Å². The zero-order valence-corrected chi connectivity index (χ0v) is 13.7. The van der Waals surface area contributed by atoms with E-state index in [-0.39, 0.29) is 0 Å². The van der Waals surface area contributed by atoms with E-state index in [1.165, 1.54) is 0 Å². The third-order valence-corrected chi connectivity index (χ3v) is 4.72. The predicted molar refractivity (Wildman–Crippen MR) is 88.6 cm³/mol. The lowest BCUT2D eigenvalue weighted by molar-refractivity contribution is 0.249. The molecule has 3 rings (SSSR count). The third kappa shape index (κ3) is 2.91. The second kappa shape index (κ2) is 6.18. The van der Waals surface area contributed by atoms with E-state index in [9.17, 15) is 5.11 Å². The van der Waals surface area contributed by atoms with E-state index in [1.54, 1.807) is 10.7 Å². The normalized spacial score (nSPS) is 16.2. The second-order valence-corrected chi connectivity index (χ2v) is 6.09. The molecular weight excluding hydrogens is 300 g/mol. The van der Waals surface area contributed by atoms with Crippen LogP contribution in [0.1, 0.15) is 11.3 Å². The lowest BCUT2D eigenvalue weighted by Crippen LogP contribution is -2.46. The fourth-order valence-electron chi connectivity index (χ4n) is 2.96. The molecule has 1 aromatic heterocycles. The van der Waals surface area contributed by atoms with Crippen molar-refractivity contribution in [2.45, 2.75) is 13.5 Å². The number of phenols is 1. The SMILES string of the molecule is Cc1nn(C)c(Cl)c1CN1CCN(c2ccccc2O)CC1. The molecule has 2 heterocycles. The Morgan fingerprint density at radius 2 is 1.86 bits per heavy atom. The number of para-hydroxylation sites is 2. The summed E-state index contributed by atoms with van der Waals surface area (Å²) in [5.41, 5.74) is 3.02. The van der Waals surface area contributed by atoms with E-state index in [4.69, 9.17) is 11.6 Å². The summed E-state index contributed by atoms with van der Waals surface area (Å²) in [5, 5.41) is 15.0. The molecule has 22 heavy (non-hydrogen) atoms. The van der Waals surface area contributed by atoms with Gasteiger partial charge in [-0.1, -0.05) is 23.7 Å². The molecular formula is C16H21ClN4O. The minimum atomic E-state index is 0.349. The zero-order chi connectivity index (χ0) is 15.7. The van der Waals surface area contributed by atoms with Crippen LogP contribution in [0.4, 0.5) is 5.69 Å². The van der Waals surface area contributed by atoms with E-state index in [0.717, 1.165) is 54.8 Å². The first-order chi connectivity index (χ1) is 10.6. The van der Waals surface area contributed by atoms with E-state index in [2.05, 4.69) is 14.9 Å². The van der Waals surface area contributed by atoms with Gasteiger partial charge in [-0.15, -0.1) is 0 Å². The van der Waals surface area contributed by atoms with Gasteiger partial charge in [0.1, 0.15) is 10.9 Å². The molecule has 1 aromatic carbocycles. The molecule has 1 aliphatic rings. The standard InChI is InChI=1S/C16H21ClN4O/c1-12-13(16(17)19(2)18-12)11-20-7-9-21(10-8-20)14-5-3-4-6-15(14)22/h3-6,22H,7-11H2,1-2H3. The highest BCUT2D eigenvalue weighted by atomic mass is 35.5. The Bertz CT molecular complexity index is 662. The minimum Gasteiger partial charge on any atom is -0.506 e. The molecule has 5 nitrogen and oxygen atoms in total. The van der Waals surface area contributed by atoms with E-state index in [1.807, 2.05) is 32.2 Å². The number of nitrogens with zero attached hydrogens (tertiary/aromatic N) is 4. The number of benzene rings is 1. The number of aromatic hydroxyl groups is 1. The molecule has 0 radical (unpaired) electrons. The topological polar surface area (TPSA) is 44.5 Å². The molecule has 0 atom stereocenters. The molecule has 0 saturated carbocycles. The number of piperazine rings is 1.